The number of hydrogen-bond acceptors (Lipinski definition) is 9. The molecule has 0 radical (unpaired) electrons. The Balaban J connectivity index is 4.13. The van der Waals surface area contributed by atoms with E-state index < -0.39 is 58.4 Å². The van der Waals surface area contributed by atoms with Gasteiger partial charge in [0.2, 0.25) is 0 Å². The molecule has 0 aromatic carbocycles. The maximum Gasteiger partial charge on any atom is 0.472 e. The van der Waals surface area contributed by atoms with Gasteiger partial charge in [0, 0.05) is 12.8 Å². The fourth-order valence-corrected chi connectivity index (χ4v) is 4.07. The van der Waals surface area contributed by atoms with E-state index in [0.717, 1.165) is 64.2 Å². The normalized spacial score (nSPS) is 14.8. The number of unbranched alkanes of at least 4 members (excludes halogenated alkanes) is 9. The number of aliphatic hydroxyl groups excluding tert-OH is 2. The van der Waals surface area contributed by atoms with Crippen molar-refractivity contribution in [2.24, 2.45) is 0 Å². The molecule has 0 saturated carbocycles. The van der Waals surface area contributed by atoms with Gasteiger partial charge < -0.3 is 24.6 Å². The molecule has 37 heavy (non-hydrogen) atoms. The molecule has 0 bridgehead atoms. The monoisotopic (exact) mass is 552 g/mol. The third kappa shape index (κ3) is 22.4. The summed E-state index contributed by atoms with van der Waals surface area (Å²) in [5.74, 6) is -1.05. The molecule has 10 nitrogen and oxygen atoms in total. The van der Waals surface area contributed by atoms with Gasteiger partial charge >= 0.3 is 19.8 Å². The van der Waals surface area contributed by atoms with Gasteiger partial charge in [-0.25, -0.2) is 4.57 Å². The zero-order chi connectivity index (χ0) is 27.8. The average molecular weight is 553 g/mol. The van der Waals surface area contributed by atoms with Crippen LogP contribution in [0.4, 0.5) is 0 Å². The highest BCUT2D eigenvalue weighted by Crippen LogP contribution is 2.43. The number of carbonyl (C=O) groups is 2. The first-order valence-electron chi connectivity index (χ1n) is 13.6. The van der Waals surface area contributed by atoms with Gasteiger partial charge in [-0.1, -0.05) is 70.9 Å². The van der Waals surface area contributed by atoms with Crippen LogP contribution in [0.25, 0.3) is 0 Å². The highest BCUT2D eigenvalue weighted by molar-refractivity contribution is 7.47. The van der Waals surface area contributed by atoms with Crippen molar-refractivity contribution in [1.29, 1.82) is 0 Å². The van der Waals surface area contributed by atoms with E-state index >= 15 is 0 Å². The Hall–Kier alpha value is -1.29. The van der Waals surface area contributed by atoms with E-state index in [1.54, 1.807) is 0 Å². The SMILES string of the molecule is CCC/C=C\CCCCCCCC(=O)OC(CO)COP(=O)(O)OCC(CO)OC(=O)CCCCCC. The summed E-state index contributed by atoms with van der Waals surface area (Å²) >= 11 is 0. The summed E-state index contributed by atoms with van der Waals surface area (Å²) in [7, 11) is -4.60. The number of allylic oxidation sites excluding steroid dienone is 2. The van der Waals surface area contributed by atoms with Crippen LogP contribution in [0.1, 0.15) is 104 Å². The summed E-state index contributed by atoms with van der Waals surface area (Å²) < 4.78 is 31.9. The number of aliphatic hydroxyl groups is 2. The maximum absolute atomic E-state index is 12.1. The van der Waals surface area contributed by atoms with Crippen LogP contribution in [0.3, 0.4) is 0 Å². The minimum Gasteiger partial charge on any atom is -0.457 e. The van der Waals surface area contributed by atoms with Gasteiger partial charge in [-0.2, -0.15) is 0 Å². The lowest BCUT2D eigenvalue weighted by molar-refractivity contribution is -0.153. The van der Waals surface area contributed by atoms with Crippen molar-refractivity contribution in [3.8, 4) is 0 Å². The third-order valence-corrected chi connectivity index (χ3v) is 6.41. The molecule has 0 aromatic heterocycles. The molecule has 3 unspecified atom stereocenters. The lowest BCUT2D eigenvalue weighted by Crippen LogP contribution is -2.28. The molecule has 0 rings (SSSR count). The Morgan fingerprint density at radius 3 is 1.65 bits per heavy atom. The van der Waals surface area contributed by atoms with Crippen LogP contribution in [0.15, 0.2) is 12.2 Å². The second kappa shape index (κ2) is 23.8. The first-order chi connectivity index (χ1) is 17.8. The number of hydrogen-bond donors (Lipinski definition) is 3. The van der Waals surface area contributed by atoms with Crippen LogP contribution in [-0.4, -0.2) is 65.7 Å². The van der Waals surface area contributed by atoms with E-state index in [-0.39, 0.29) is 12.8 Å². The van der Waals surface area contributed by atoms with E-state index in [0.29, 0.717) is 12.8 Å². The van der Waals surface area contributed by atoms with Crippen LogP contribution in [0.2, 0.25) is 0 Å². The molecule has 0 amide bonds. The summed E-state index contributed by atoms with van der Waals surface area (Å²) in [6.07, 6.45) is 14.3. The maximum atomic E-state index is 12.1. The van der Waals surface area contributed by atoms with Crippen LogP contribution in [0, 0.1) is 0 Å². The van der Waals surface area contributed by atoms with Crippen molar-refractivity contribution < 1.29 is 47.8 Å². The molecule has 0 aromatic rings. The van der Waals surface area contributed by atoms with Gasteiger partial charge in [-0.3, -0.25) is 18.6 Å². The van der Waals surface area contributed by atoms with Gasteiger partial charge in [0.05, 0.1) is 26.4 Å². The molecule has 0 aliphatic heterocycles. The second-order valence-electron chi connectivity index (χ2n) is 9.03. The molecular weight excluding hydrogens is 503 g/mol. The van der Waals surface area contributed by atoms with Crippen molar-refractivity contribution >= 4 is 19.8 Å². The second-order valence-corrected chi connectivity index (χ2v) is 10.5. The van der Waals surface area contributed by atoms with Crippen molar-refractivity contribution in [1.82, 2.24) is 0 Å². The van der Waals surface area contributed by atoms with E-state index in [1.807, 2.05) is 0 Å². The predicted octanol–water partition coefficient (Wildman–Crippen LogP) is 4.99. The van der Waals surface area contributed by atoms with Crippen LogP contribution < -0.4 is 0 Å². The summed E-state index contributed by atoms with van der Waals surface area (Å²) in [5, 5.41) is 18.8. The largest absolute Gasteiger partial charge is 0.472 e. The van der Waals surface area contributed by atoms with Gasteiger partial charge in [0.15, 0.2) is 0 Å². The van der Waals surface area contributed by atoms with Crippen LogP contribution in [0.5, 0.6) is 0 Å². The quantitative estimate of drug-likeness (QED) is 0.0612. The van der Waals surface area contributed by atoms with Crippen molar-refractivity contribution in [2.75, 3.05) is 26.4 Å². The molecular formula is C26H49O10P. The summed E-state index contributed by atoms with van der Waals surface area (Å²) in [6, 6.07) is 0. The minimum atomic E-state index is -4.60. The third-order valence-electron chi connectivity index (χ3n) is 5.46. The number of esters is 2. The van der Waals surface area contributed by atoms with Crippen molar-refractivity contribution in [2.45, 2.75) is 116 Å². The highest BCUT2D eigenvalue weighted by atomic mass is 31.2. The zero-order valence-electron chi connectivity index (χ0n) is 22.7. The lowest BCUT2D eigenvalue weighted by atomic mass is 10.1. The number of rotatable bonds is 25. The molecule has 0 aliphatic carbocycles. The molecule has 3 N–H and O–H groups in total. The van der Waals surface area contributed by atoms with E-state index in [9.17, 15) is 29.3 Å². The van der Waals surface area contributed by atoms with E-state index in [2.05, 4.69) is 26.0 Å². The lowest BCUT2D eigenvalue weighted by Gasteiger charge is -2.20. The molecule has 0 aliphatic rings. The summed E-state index contributed by atoms with van der Waals surface area (Å²) in [6.45, 7) is 1.92. The van der Waals surface area contributed by atoms with E-state index in [4.69, 9.17) is 18.5 Å². The molecule has 0 heterocycles. The molecule has 3 atom stereocenters. The standard InChI is InChI=1S/C26H49O10P/c1-3-5-7-9-10-11-12-13-14-16-18-26(30)36-24(20-28)22-34-37(31,32)33-21-23(19-27)35-25(29)17-15-8-6-4-2/h7,9,23-24,27-28H,3-6,8,10-22H2,1-2H3,(H,31,32)/b9-7-. The Bertz CT molecular complexity index is 655. The van der Waals surface area contributed by atoms with Gasteiger partial charge in [-0.15, -0.1) is 0 Å². The van der Waals surface area contributed by atoms with Crippen molar-refractivity contribution in [3.63, 3.8) is 0 Å². The molecule has 0 fully saturated rings. The Kier molecular flexibility index (Phi) is 23.0. The Labute approximate surface area is 222 Å². The van der Waals surface area contributed by atoms with Gasteiger partial charge in [0.1, 0.15) is 12.2 Å². The van der Waals surface area contributed by atoms with Crippen LogP contribution in [-0.2, 0) is 32.7 Å². The molecule has 218 valence electrons. The predicted molar refractivity (Wildman–Crippen MR) is 141 cm³/mol. The van der Waals surface area contributed by atoms with E-state index in [1.165, 1.54) is 0 Å². The van der Waals surface area contributed by atoms with Crippen LogP contribution >= 0.6 is 7.82 Å². The number of phosphoric ester groups is 1. The number of ether oxygens (including phenoxy) is 2. The molecule has 0 saturated heterocycles. The summed E-state index contributed by atoms with van der Waals surface area (Å²) in [4.78, 5) is 33.7. The highest BCUT2D eigenvalue weighted by Gasteiger charge is 2.27. The number of carbonyl (C=O) groups excluding carboxylic acids is 2. The average Bonchev–Trinajstić information content (AvgIpc) is 2.88. The first-order valence-corrected chi connectivity index (χ1v) is 15.1. The fourth-order valence-electron chi connectivity index (χ4n) is 3.29. The minimum absolute atomic E-state index is 0.183. The fraction of sp³-hybridized carbons (Fsp3) is 0.846. The topological polar surface area (TPSA) is 149 Å². The van der Waals surface area contributed by atoms with Crippen molar-refractivity contribution in [3.05, 3.63) is 12.2 Å². The van der Waals surface area contributed by atoms with Gasteiger partial charge in [0.25, 0.3) is 0 Å². The molecule has 11 heteroatoms. The number of phosphoric acid groups is 1. The summed E-state index contributed by atoms with van der Waals surface area (Å²) in [5.41, 5.74) is 0. The first kappa shape index (κ1) is 35.7. The smallest absolute Gasteiger partial charge is 0.457 e. The Morgan fingerprint density at radius 1 is 0.703 bits per heavy atom. The zero-order valence-corrected chi connectivity index (χ0v) is 23.6. The Morgan fingerprint density at radius 2 is 1.16 bits per heavy atom. The molecule has 0 spiro atoms. The van der Waals surface area contributed by atoms with Gasteiger partial charge in [-0.05, 0) is 32.1 Å².